The first-order valence-electron chi connectivity index (χ1n) is 7.70. The Labute approximate surface area is 162 Å². The molecule has 0 aliphatic rings. The third kappa shape index (κ3) is 4.81. The van der Waals surface area contributed by atoms with Crippen LogP contribution in [-0.2, 0) is 4.79 Å². The van der Waals surface area contributed by atoms with Gasteiger partial charge in [0.05, 0.1) is 16.8 Å². The van der Waals surface area contributed by atoms with Crippen molar-refractivity contribution in [3.8, 4) is 0 Å². The van der Waals surface area contributed by atoms with Gasteiger partial charge >= 0.3 is 5.51 Å². The number of thioether (sulfide) groups is 1. The van der Waals surface area contributed by atoms with E-state index in [9.17, 15) is 18.0 Å². The van der Waals surface area contributed by atoms with E-state index in [-0.39, 0.29) is 16.2 Å². The van der Waals surface area contributed by atoms with Gasteiger partial charge in [-0.25, -0.2) is 0 Å². The van der Waals surface area contributed by atoms with E-state index in [1.54, 1.807) is 36.5 Å². The van der Waals surface area contributed by atoms with E-state index >= 15 is 0 Å². The number of benzene rings is 2. The minimum absolute atomic E-state index is 0.178. The van der Waals surface area contributed by atoms with Gasteiger partial charge in [0.15, 0.2) is 0 Å². The quantitative estimate of drug-likeness (QED) is 0.529. The van der Waals surface area contributed by atoms with Gasteiger partial charge in [-0.05, 0) is 35.4 Å². The smallest absolute Gasteiger partial charge is 0.320 e. The van der Waals surface area contributed by atoms with Gasteiger partial charge in [0, 0.05) is 22.2 Å². The summed E-state index contributed by atoms with van der Waals surface area (Å²) in [6.45, 7) is 0. The summed E-state index contributed by atoms with van der Waals surface area (Å²) in [6, 6.07) is 15.0. The number of nitrogens with zero attached hydrogens (tertiary/aromatic N) is 1. The molecule has 1 aromatic heterocycles. The molecule has 0 saturated carbocycles. The molecule has 0 fully saturated rings. The summed E-state index contributed by atoms with van der Waals surface area (Å²) in [5, 5.41) is 4.37. The molecule has 0 radical (unpaired) electrons. The van der Waals surface area contributed by atoms with Crippen molar-refractivity contribution in [3.05, 3.63) is 76.8 Å². The number of halogens is 4. The maximum Gasteiger partial charge on any atom is 0.445 e. The summed E-state index contributed by atoms with van der Waals surface area (Å²) in [7, 11) is 0. The molecule has 0 saturated heterocycles. The standard InChI is InChI=1S/C19H12ClF3N2OS/c20-15-8-2-1-7-13(15)14(11-27-19(21,22)23)18(26)25-16-9-3-5-12-6-4-10-24-17(12)16/h1-11H,(H,25,26)/b14-11-. The Kier molecular flexibility index (Phi) is 5.72. The molecule has 0 spiro atoms. The molecule has 1 heterocycles. The predicted molar refractivity (Wildman–Crippen MR) is 103 cm³/mol. The Bertz CT molecular complexity index is 1020. The third-order valence-corrected chi connectivity index (χ3v) is 4.55. The van der Waals surface area contributed by atoms with Crippen LogP contribution in [0.25, 0.3) is 16.5 Å². The lowest BCUT2D eigenvalue weighted by atomic mass is 10.1. The summed E-state index contributed by atoms with van der Waals surface area (Å²) in [6.07, 6.45) is 1.57. The number of para-hydroxylation sites is 1. The fourth-order valence-electron chi connectivity index (χ4n) is 2.44. The Balaban J connectivity index is 1.99. The van der Waals surface area contributed by atoms with Gasteiger partial charge in [0.2, 0.25) is 0 Å². The average molecular weight is 409 g/mol. The zero-order chi connectivity index (χ0) is 19.4. The van der Waals surface area contributed by atoms with Crippen molar-refractivity contribution in [1.29, 1.82) is 0 Å². The summed E-state index contributed by atoms with van der Waals surface area (Å²) in [5.41, 5.74) is -3.56. The molecule has 8 heteroatoms. The number of alkyl halides is 3. The van der Waals surface area contributed by atoms with E-state index in [0.717, 1.165) is 10.8 Å². The second-order valence-electron chi connectivity index (χ2n) is 5.41. The third-order valence-electron chi connectivity index (χ3n) is 3.60. The lowest BCUT2D eigenvalue weighted by molar-refractivity contribution is -0.111. The molecule has 0 unspecified atom stereocenters. The highest BCUT2D eigenvalue weighted by molar-refractivity contribution is 8.03. The number of fused-ring (bicyclic) bond motifs is 1. The minimum atomic E-state index is -4.52. The second-order valence-corrected chi connectivity index (χ2v) is 6.75. The number of nitrogens with one attached hydrogen (secondary N) is 1. The monoisotopic (exact) mass is 408 g/mol. The van der Waals surface area contributed by atoms with Crippen LogP contribution in [0.5, 0.6) is 0 Å². The van der Waals surface area contributed by atoms with Gasteiger partial charge in [0.1, 0.15) is 0 Å². The SMILES string of the molecule is O=C(Nc1cccc2cccnc12)/C(=C\SC(F)(F)F)c1ccccc1Cl. The molecule has 1 N–H and O–H groups in total. The number of carbonyl (C=O) groups is 1. The highest BCUT2D eigenvalue weighted by atomic mass is 35.5. The molecule has 0 bridgehead atoms. The van der Waals surface area contributed by atoms with E-state index in [1.165, 1.54) is 12.1 Å². The van der Waals surface area contributed by atoms with E-state index in [1.807, 2.05) is 12.1 Å². The number of pyridine rings is 1. The van der Waals surface area contributed by atoms with E-state index in [0.29, 0.717) is 11.2 Å². The van der Waals surface area contributed by atoms with Gasteiger partial charge in [-0.3, -0.25) is 9.78 Å². The molecule has 138 valence electrons. The van der Waals surface area contributed by atoms with Crippen LogP contribution in [0.4, 0.5) is 18.9 Å². The summed E-state index contributed by atoms with van der Waals surface area (Å²) < 4.78 is 38.0. The molecular weight excluding hydrogens is 397 g/mol. The molecule has 27 heavy (non-hydrogen) atoms. The molecule has 0 aliphatic carbocycles. The fraction of sp³-hybridized carbons (Fsp3) is 0.0526. The number of rotatable bonds is 4. The van der Waals surface area contributed by atoms with E-state index < -0.39 is 23.2 Å². The molecule has 0 atom stereocenters. The Morgan fingerprint density at radius 1 is 1.07 bits per heavy atom. The first kappa shape index (κ1) is 19.3. The van der Waals surface area contributed by atoms with Crippen LogP contribution in [0.15, 0.2) is 66.2 Å². The van der Waals surface area contributed by atoms with Crippen LogP contribution in [0.2, 0.25) is 5.02 Å². The molecule has 0 aliphatic heterocycles. The number of amides is 1. The lowest BCUT2D eigenvalue weighted by Gasteiger charge is -2.12. The molecule has 2 aromatic carbocycles. The highest BCUT2D eigenvalue weighted by Crippen LogP contribution is 2.35. The predicted octanol–water partition coefficient (Wildman–Crippen LogP) is 6.12. The minimum Gasteiger partial charge on any atom is -0.320 e. The normalized spacial score (nSPS) is 12.2. The summed E-state index contributed by atoms with van der Waals surface area (Å²) >= 11 is 5.68. The summed E-state index contributed by atoms with van der Waals surface area (Å²) in [5.74, 6) is -0.710. The van der Waals surface area contributed by atoms with E-state index in [2.05, 4.69) is 10.3 Å². The van der Waals surface area contributed by atoms with Crippen molar-refractivity contribution in [2.24, 2.45) is 0 Å². The molecule has 3 rings (SSSR count). The van der Waals surface area contributed by atoms with Crippen molar-refractivity contribution in [2.45, 2.75) is 5.51 Å². The van der Waals surface area contributed by atoms with Gasteiger partial charge in [0.25, 0.3) is 5.91 Å². The number of aromatic nitrogens is 1. The number of anilines is 1. The Morgan fingerprint density at radius 3 is 2.56 bits per heavy atom. The van der Waals surface area contributed by atoms with E-state index in [4.69, 9.17) is 11.6 Å². The molecule has 1 amide bonds. The van der Waals surface area contributed by atoms with Gasteiger partial charge < -0.3 is 5.32 Å². The van der Waals surface area contributed by atoms with Crippen molar-refractivity contribution in [1.82, 2.24) is 4.98 Å². The molecule has 3 aromatic rings. The van der Waals surface area contributed by atoms with Crippen LogP contribution in [0.1, 0.15) is 5.56 Å². The second kappa shape index (κ2) is 8.02. The topological polar surface area (TPSA) is 42.0 Å². The van der Waals surface area contributed by atoms with Crippen molar-refractivity contribution >= 4 is 51.4 Å². The van der Waals surface area contributed by atoms with Crippen molar-refractivity contribution in [2.75, 3.05) is 5.32 Å². The van der Waals surface area contributed by atoms with Crippen molar-refractivity contribution in [3.63, 3.8) is 0 Å². The number of hydrogen-bond donors (Lipinski definition) is 1. The largest absolute Gasteiger partial charge is 0.445 e. The van der Waals surface area contributed by atoms with Crippen LogP contribution in [-0.4, -0.2) is 16.4 Å². The van der Waals surface area contributed by atoms with Crippen molar-refractivity contribution < 1.29 is 18.0 Å². The molecular formula is C19H12ClF3N2OS. The maximum atomic E-state index is 12.8. The summed E-state index contributed by atoms with van der Waals surface area (Å²) in [4.78, 5) is 17.0. The zero-order valence-corrected chi connectivity index (χ0v) is 15.2. The van der Waals surface area contributed by atoms with Gasteiger partial charge in [-0.1, -0.05) is 48.0 Å². The Hall–Kier alpha value is -2.51. The first-order chi connectivity index (χ1) is 12.8. The fourth-order valence-corrected chi connectivity index (χ4v) is 3.16. The van der Waals surface area contributed by atoms with Crippen LogP contribution >= 0.6 is 23.4 Å². The van der Waals surface area contributed by atoms with Gasteiger partial charge in [-0.15, -0.1) is 0 Å². The lowest BCUT2D eigenvalue weighted by Crippen LogP contribution is -2.14. The van der Waals surface area contributed by atoms with Gasteiger partial charge in [-0.2, -0.15) is 13.2 Å². The first-order valence-corrected chi connectivity index (χ1v) is 8.95. The van der Waals surface area contributed by atoms with Crippen LogP contribution in [0, 0.1) is 0 Å². The van der Waals surface area contributed by atoms with Crippen LogP contribution < -0.4 is 5.32 Å². The van der Waals surface area contributed by atoms with Crippen LogP contribution in [0.3, 0.4) is 0 Å². The number of hydrogen-bond acceptors (Lipinski definition) is 3. The zero-order valence-electron chi connectivity index (χ0n) is 13.6. The average Bonchev–Trinajstić information content (AvgIpc) is 2.63. The molecule has 3 nitrogen and oxygen atoms in total. The highest BCUT2D eigenvalue weighted by Gasteiger charge is 2.28. The maximum absolute atomic E-state index is 12.8. The number of carbonyl (C=O) groups excluding carboxylic acids is 1. The Morgan fingerprint density at radius 2 is 1.81 bits per heavy atom.